The van der Waals surface area contributed by atoms with Gasteiger partial charge in [0.25, 0.3) is 11.8 Å². The number of hydrogen-bond acceptors (Lipinski definition) is 4. The second kappa shape index (κ2) is 7.19. The molecule has 0 radical (unpaired) electrons. The number of benzene rings is 4. The molecule has 0 fully saturated rings. The first-order chi connectivity index (χ1) is 14.6. The number of nitrogens with two attached hydrogens (primary N) is 1. The summed E-state index contributed by atoms with van der Waals surface area (Å²) in [5.74, 6) is -0.434. The number of rotatable bonds is 5. The number of fused-ring (bicyclic) bond motifs is 1. The van der Waals surface area contributed by atoms with Crippen LogP contribution in [-0.2, 0) is 0 Å². The third kappa shape index (κ3) is 2.95. The van der Waals surface area contributed by atoms with Crippen LogP contribution in [-0.4, -0.2) is 29.8 Å². The van der Waals surface area contributed by atoms with Crippen LogP contribution in [0.15, 0.2) is 72.8 Å². The molecule has 148 valence electrons. The molecule has 0 saturated carbocycles. The van der Waals surface area contributed by atoms with Crippen molar-refractivity contribution in [3.63, 3.8) is 0 Å². The molecule has 5 heteroatoms. The third-order valence-corrected chi connectivity index (χ3v) is 5.66. The zero-order chi connectivity index (χ0) is 20.7. The van der Waals surface area contributed by atoms with Gasteiger partial charge in [0.1, 0.15) is 0 Å². The molecular weight excluding hydrogens is 374 g/mol. The first-order valence-corrected chi connectivity index (χ1v) is 10.0. The van der Waals surface area contributed by atoms with Crippen molar-refractivity contribution in [2.45, 2.75) is 6.42 Å². The van der Waals surface area contributed by atoms with E-state index in [1.165, 1.54) is 4.90 Å². The third-order valence-electron chi connectivity index (χ3n) is 5.66. The lowest BCUT2D eigenvalue weighted by molar-refractivity contribution is 0.0610. The summed E-state index contributed by atoms with van der Waals surface area (Å²) in [5, 5.41) is 7.16. The van der Waals surface area contributed by atoms with E-state index in [0.717, 1.165) is 32.9 Å². The van der Waals surface area contributed by atoms with E-state index < -0.39 is 0 Å². The van der Waals surface area contributed by atoms with Gasteiger partial charge in [0, 0.05) is 46.4 Å². The highest BCUT2D eigenvalue weighted by molar-refractivity contribution is 6.25. The van der Waals surface area contributed by atoms with Crippen LogP contribution in [0.5, 0.6) is 0 Å². The molecule has 0 aliphatic carbocycles. The fourth-order valence-corrected chi connectivity index (χ4v) is 4.17. The van der Waals surface area contributed by atoms with Gasteiger partial charge in [-0.15, -0.1) is 0 Å². The van der Waals surface area contributed by atoms with Crippen LogP contribution >= 0.6 is 0 Å². The molecule has 0 saturated heterocycles. The molecule has 30 heavy (non-hydrogen) atoms. The lowest BCUT2D eigenvalue weighted by Gasteiger charge is -2.27. The minimum atomic E-state index is -0.217. The Balaban J connectivity index is 1.28. The molecule has 5 nitrogen and oxygen atoms in total. The quantitative estimate of drug-likeness (QED) is 0.292. The van der Waals surface area contributed by atoms with E-state index in [1.54, 1.807) is 12.1 Å². The highest BCUT2D eigenvalue weighted by atomic mass is 16.2. The van der Waals surface area contributed by atoms with E-state index in [2.05, 4.69) is 11.4 Å². The van der Waals surface area contributed by atoms with Crippen LogP contribution in [0.2, 0.25) is 0 Å². The zero-order valence-electron chi connectivity index (χ0n) is 16.4. The van der Waals surface area contributed by atoms with Crippen molar-refractivity contribution in [3.05, 3.63) is 83.9 Å². The van der Waals surface area contributed by atoms with Crippen molar-refractivity contribution in [2.24, 2.45) is 0 Å². The van der Waals surface area contributed by atoms with Crippen molar-refractivity contribution in [3.8, 4) is 0 Å². The maximum atomic E-state index is 12.9. The minimum absolute atomic E-state index is 0.217. The second-order valence-electron chi connectivity index (χ2n) is 7.53. The van der Waals surface area contributed by atoms with E-state index in [9.17, 15) is 9.59 Å². The topological polar surface area (TPSA) is 75.4 Å². The van der Waals surface area contributed by atoms with Crippen molar-refractivity contribution >= 4 is 44.7 Å². The highest BCUT2D eigenvalue weighted by Crippen LogP contribution is 2.30. The van der Waals surface area contributed by atoms with Gasteiger partial charge in [-0.05, 0) is 47.5 Å². The Bertz CT molecular complexity index is 1260. The number of carbonyl (C=O) groups is 2. The maximum Gasteiger partial charge on any atom is 0.261 e. The normalized spacial score (nSPS) is 13.3. The van der Waals surface area contributed by atoms with Gasteiger partial charge in [-0.25, -0.2) is 0 Å². The Morgan fingerprint density at radius 3 is 2.20 bits per heavy atom. The molecule has 0 atom stereocenters. The number of hydrogen-bond donors (Lipinski definition) is 2. The maximum absolute atomic E-state index is 12.9. The van der Waals surface area contributed by atoms with Gasteiger partial charge >= 0.3 is 0 Å². The van der Waals surface area contributed by atoms with Crippen LogP contribution in [0.25, 0.3) is 21.5 Å². The van der Waals surface area contributed by atoms with Gasteiger partial charge in [0.05, 0.1) is 0 Å². The first-order valence-electron chi connectivity index (χ1n) is 10.0. The van der Waals surface area contributed by atoms with Crippen LogP contribution in [0.1, 0.15) is 27.1 Å². The zero-order valence-corrected chi connectivity index (χ0v) is 16.4. The predicted octanol–water partition coefficient (Wildman–Crippen LogP) is 4.67. The molecular formula is C25H21N3O2. The molecule has 5 rings (SSSR count). The molecule has 3 N–H and O–H groups in total. The summed E-state index contributed by atoms with van der Waals surface area (Å²) in [6, 6.07) is 23.1. The van der Waals surface area contributed by atoms with Crippen LogP contribution in [0.4, 0.5) is 11.4 Å². The largest absolute Gasteiger partial charge is 0.398 e. The van der Waals surface area contributed by atoms with Gasteiger partial charge in [0.15, 0.2) is 0 Å². The van der Waals surface area contributed by atoms with E-state index in [-0.39, 0.29) is 11.8 Å². The van der Waals surface area contributed by atoms with Gasteiger partial charge in [-0.1, -0.05) is 42.5 Å². The van der Waals surface area contributed by atoms with Crippen molar-refractivity contribution in [2.75, 3.05) is 24.1 Å². The molecule has 1 aliphatic rings. The highest BCUT2D eigenvalue weighted by Gasteiger charge is 2.31. The number of nitrogens with zero attached hydrogens (tertiary/aromatic N) is 1. The van der Waals surface area contributed by atoms with Gasteiger partial charge in [-0.3, -0.25) is 14.5 Å². The lowest BCUT2D eigenvalue weighted by Crippen LogP contribution is -2.41. The Labute approximate surface area is 174 Å². The molecule has 0 bridgehead atoms. The van der Waals surface area contributed by atoms with Gasteiger partial charge < -0.3 is 11.1 Å². The SMILES string of the molecule is Nc1cccc2cc(NCCCN3C(=O)c4cccc5cccc(c45)C3=O)ccc12. The van der Waals surface area contributed by atoms with Gasteiger partial charge in [-0.2, -0.15) is 0 Å². The molecule has 0 unspecified atom stereocenters. The lowest BCUT2D eigenvalue weighted by atomic mass is 9.94. The van der Waals surface area contributed by atoms with Gasteiger partial charge in [0.2, 0.25) is 0 Å². The first kappa shape index (κ1) is 18.2. The molecule has 1 heterocycles. The molecule has 4 aromatic carbocycles. The Kier molecular flexibility index (Phi) is 4.36. The number of nitrogens with one attached hydrogen (secondary N) is 1. The van der Waals surface area contributed by atoms with Crippen molar-refractivity contribution in [1.29, 1.82) is 0 Å². The molecule has 4 aromatic rings. The summed E-state index contributed by atoms with van der Waals surface area (Å²) in [6.07, 6.45) is 0.657. The monoisotopic (exact) mass is 395 g/mol. The van der Waals surface area contributed by atoms with E-state index in [4.69, 9.17) is 5.73 Å². The summed E-state index contributed by atoms with van der Waals surface area (Å²) in [4.78, 5) is 27.2. The molecule has 2 amide bonds. The molecule has 1 aliphatic heterocycles. The van der Waals surface area contributed by atoms with Crippen molar-refractivity contribution in [1.82, 2.24) is 4.90 Å². The van der Waals surface area contributed by atoms with Crippen LogP contribution < -0.4 is 11.1 Å². The summed E-state index contributed by atoms with van der Waals surface area (Å²) < 4.78 is 0. The summed E-state index contributed by atoms with van der Waals surface area (Å²) >= 11 is 0. The van der Waals surface area contributed by atoms with Crippen LogP contribution in [0.3, 0.4) is 0 Å². The Morgan fingerprint density at radius 2 is 1.47 bits per heavy atom. The Morgan fingerprint density at radius 1 is 0.800 bits per heavy atom. The summed E-state index contributed by atoms with van der Waals surface area (Å²) in [5.41, 5.74) is 8.95. The average molecular weight is 395 g/mol. The number of amides is 2. The molecule has 0 aromatic heterocycles. The summed E-state index contributed by atoms with van der Waals surface area (Å²) in [7, 11) is 0. The van der Waals surface area contributed by atoms with Crippen molar-refractivity contribution < 1.29 is 9.59 Å². The smallest absolute Gasteiger partial charge is 0.261 e. The second-order valence-corrected chi connectivity index (χ2v) is 7.53. The number of imide groups is 1. The number of nitrogen functional groups attached to an aromatic ring is 1. The van der Waals surface area contributed by atoms with E-state index >= 15 is 0 Å². The van der Waals surface area contributed by atoms with Crippen LogP contribution in [0, 0.1) is 0 Å². The fraction of sp³-hybridized carbons (Fsp3) is 0.120. The average Bonchev–Trinajstić information content (AvgIpc) is 2.77. The fourth-order valence-electron chi connectivity index (χ4n) is 4.17. The number of anilines is 2. The number of carbonyl (C=O) groups excluding carboxylic acids is 2. The minimum Gasteiger partial charge on any atom is -0.398 e. The van der Waals surface area contributed by atoms with E-state index in [0.29, 0.717) is 30.6 Å². The van der Waals surface area contributed by atoms with E-state index in [1.807, 2.05) is 54.6 Å². The summed E-state index contributed by atoms with van der Waals surface area (Å²) in [6.45, 7) is 1.02. The Hall–Kier alpha value is -3.86. The molecule has 0 spiro atoms. The predicted molar refractivity (Wildman–Crippen MR) is 121 cm³/mol. The standard InChI is InChI=1S/C25H21N3O2/c26-22-10-3-7-17-15-18(11-12-19(17)22)27-13-4-14-28-24(29)20-8-1-5-16-6-2-9-21(23(16)20)25(28)30/h1-3,5-12,15,27H,4,13-14,26H2.